The molecule has 0 radical (unpaired) electrons. The van der Waals surface area contributed by atoms with Gasteiger partial charge in [0.25, 0.3) is 0 Å². The molecule has 0 aliphatic heterocycles. The minimum absolute atomic E-state index is 0.319. The average molecular weight is 317 g/mol. The number of benzene rings is 2. The van der Waals surface area contributed by atoms with Crippen molar-refractivity contribution in [3.63, 3.8) is 0 Å². The summed E-state index contributed by atoms with van der Waals surface area (Å²) in [6.07, 6.45) is 2.21. The molecule has 0 aliphatic rings. The van der Waals surface area contributed by atoms with Crippen molar-refractivity contribution in [1.82, 2.24) is 0 Å². The first kappa shape index (κ1) is 14.1. The molecule has 0 heterocycles. The van der Waals surface area contributed by atoms with E-state index in [0.29, 0.717) is 21.6 Å². The van der Waals surface area contributed by atoms with Crippen molar-refractivity contribution < 1.29 is 4.74 Å². The summed E-state index contributed by atoms with van der Waals surface area (Å²) in [5.41, 5.74) is 1.30. The van der Waals surface area contributed by atoms with E-state index in [9.17, 15) is 0 Å². The summed E-state index contributed by atoms with van der Waals surface area (Å²) in [7, 11) is 0. The van der Waals surface area contributed by atoms with Crippen LogP contribution < -0.4 is 4.46 Å². The Morgan fingerprint density at radius 1 is 1.00 bits per heavy atom. The van der Waals surface area contributed by atoms with Crippen molar-refractivity contribution in [3.8, 4) is 0 Å². The molecule has 98 valence electrons. The molecule has 2 aromatic rings. The van der Waals surface area contributed by atoms with Crippen LogP contribution in [0.15, 0.2) is 66.7 Å². The quantitative estimate of drug-likeness (QED) is 0.588. The third kappa shape index (κ3) is 4.68. The summed E-state index contributed by atoms with van der Waals surface area (Å²) in [4.78, 5) is 0. The van der Waals surface area contributed by atoms with Crippen LogP contribution >= 0.6 is 0 Å². The zero-order chi connectivity index (χ0) is 13.3. The van der Waals surface area contributed by atoms with Crippen molar-refractivity contribution in [2.24, 2.45) is 0 Å². The Balaban J connectivity index is 2.17. The van der Waals surface area contributed by atoms with E-state index in [1.807, 2.05) is 6.92 Å². The van der Waals surface area contributed by atoms with E-state index >= 15 is 0 Å². The first-order valence-electron chi connectivity index (χ1n) is 6.46. The normalized spacial score (nSPS) is 11.5. The Labute approximate surface area is 121 Å². The van der Waals surface area contributed by atoms with Gasteiger partial charge in [-0.1, -0.05) is 0 Å². The maximum absolute atomic E-state index is 5.46. The second kappa shape index (κ2) is 7.96. The molecule has 1 nitrogen and oxygen atoms in total. The molecule has 2 heteroatoms. The van der Waals surface area contributed by atoms with E-state index in [-0.39, 0.29) is 0 Å². The molecule has 0 spiro atoms. The Morgan fingerprint density at radius 3 is 2.26 bits per heavy atom. The van der Waals surface area contributed by atoms with Gasteiger partial charge in [-0.3, -0.25) is 0 Å². The van der Waals surface area contributed by atoms with Gasteiger partial charge in [0.05, 0.1) is 0 Å². The number of hydrogen-bond donors (Lipinski definition) is 0. The van der Waals surface area contributed by atoms with Crippen molar-refractivity contribution in [2.45, 2.75) is 6.92 Å². The van der Waals surface area contributed by atoms with Gasteiger partial charge >= 0.3 is 121 Å². The topological polar surface area (TPSA) is 9.23 Å². The molecule has 0 saturated carbocycles. The summed E-state index contributed by atoms with van der Waals surface area (Å²) in [5.74, 6) is 0. The van der Waals surface area contributed by atoms with E-state index in [0.717, 1.165) is 6.61 Å². The van der Waals surface area contributed by atoms with E-state index in [4.69, 9.17) is 4.74 Å². The second-order valence-electron chi connectivity index (χ2n) is 4.01. The van der Waals surface area contributed by atoms with E-state index in [2.05, 4.69) is 66.7 Å². The van der Waals surface area contributed by atoms with Crippen LogP contribution in [-0.2, 0) is 4.74 Å². The molecule has 0 fully saturated rings. The summed E-state index contributed by atoms with van der Waals surface area (Å²) in [5, 5.41) is 0. The first-order valence-corrected chi connectivity index (χ1v) is 8.17. The average Bonchev–Trinajstić information content (AvgIpc) is 2.48. The number of ether oxygens (including phenoxy) is 1. The van der Waals surface area contributed by atoms with Crippen LogP contribution in [0.3, 0.4) is 0 Å². The van der Waals surface area contributed by atoms with Gasteiger partial charge in [-0.05, 0) is 0 Å². The second-order valence-corrected chi connectivity index (χ2v) is 6.35. The van der Waals surface area contributed by atoms with E-state index in [1.54, 1.807) is 0 Å². The Kier molecular flexibility index (Phi) is 5.89. The van der Waals surface area contributed by atoms with Gasteiger partial charge in [-0.15, -0.1) is 0 Å². The monoisotopic (exact) mass is 318 g/mol. The van der Waals surface area contributed by atoms with Crippen LogP contribution in [0.2, 0.25) is 0 Å². The molecule has 0 saturated heterocycles. The number of rotatable bonds is 6. The Hall–Kier alpha value is -1.34. The van der Waals surface area contributed by atoms with Gasteiger partial charge < -0.3 is 0 Å². The SMILES string of the molecule is CCOC/C=C(/[Se]c1ccccc1)c1ccccc1. The molecule has 2 rings (SSSR count). The van der Waals surface area contributed by atoms with Crippen molar-refractivity contribution >= 4 is 23.9 Å². The van der Waals surface area contributed by atoms with Gasteiger partial charge in [0.15, 0.2) is 0 Å². The third-order valence-electron chi connectivity index (χ3n) is 2.62. The predicted octanol–water partition coefficient (Wildman–Crippen LogP) is 3.09. The molecule has 2 aromatic carbocycles. The standard InChI is InChI=1S/C17H18OSe/c1-2-18-14-13-17(15-9-5-3-6-10-15)19-16-11-7-4-8-12-16/h3-13H,2,14H2,1H3/b17-13+. The molecule has 19 heavy (non-hydrogen) atoms. The minimum atomic E-state index is 0.319. The fourth-order valence-corrected chi connectivity index (χ4v) is 3.69. The predicted molar refractivity (Wildman–Crippen MR) is 82.7 cm³/mol. The van der Waals surface area contributed by atoms with Gasteiger partial charge in [-0.2, -0.15) is 0 Å². The molecule has 0 unspecified atom stereocenters. The molecule has 0 bridgehead atoms. The molecular weight excluding hydrogens is 299 g/mol. The van der Waals surface area contributed by atoms with Gasteiger partial charge in [0.1, 0.15) is 0 Å². The molecule has 0 aromatic heterocycles. The fourth-order valence-electron chi connectivity index (χ4n) is 1.69. The molecule has 0 N–H and O–H groups in total. The summed E-state index contributed by atoms with van der Waals surface area (Å²) < 4.78 is 8.23. The van der Waals surface area contributed by atoms with Gasteiger partial charge in [-0.25, -0.2) is 0 Å². The summed E-state index contributed by atoms with van der Waals surface area (Å²) in [6, 6.07) is 21.2. The van der Waals surface area contributed by atoms with E-state index < -0.39 is 0 Å². The number of hydrogen-bond acceptors (Lipinski definition) is 1. The zero-order valence-electron chi connectivity index (χ0n) is 11.1. The Bertz CT molecular complexity index is 505. The van der Waals surface area contributed by atoms with E-state index in [1.165, 1.54) is 14.5 Å². The molecule has 0 amide bonds. The third-order valence-corrected chi connectivity index (χ3v) is 4.99. The van der Waals surface area contributed by atoms with Gasteiger partial charge in [0.2, 0.25) is 0 Å². The van der Waals surface area contributed by atoms with Crippen molar-refractivity contribution in [2.75, 3.05) is 13.2 Å². The molecular formula is C17H18OSe. The van der Waals surface area contributed by atoms with Crippen molar-refractivity contribution in [1.29, 1.82) is 0 Å². The van der Waals surface area contributed by atoms with Crippen LogP contribution in [0.5, 0.6) is 0 Å². The fraction of sp³-hybridized carbons (Fsp3) is 0.176. The van der Waals surface area contributed by atoms with Crippen LogP contribution in [-0.4, -0.2) is 28.2 Å². The first-order chi connectivity index (χ1) is 9.40. The van der Waals surface area contributed by atoms with Crippen LogP contribution in [0.25, 0.3) is 4.47 Å². The van der Waals surface area contributed by atoms with Crippen LogP contribution in [0.4, 0.5) is 0 Å². The van der Waals surface area contributed by atoms with Crippen molar-refractivity contribution in [3.05, 3.63) is 72.3 Å². The summed E-state index contributed by atoms with van der Waals surface area (Å²) >= 11 is 0.319. The van der Waals surface area contributed by atoms with Crippen LogP contribution in [0, 0.1) is 0 Å². The maximum atomic E-state index is 5.46. The molecule has 0 aliphatic carbocycles. The van der Waals surface area contributed by atoms with Crippen LogP contribution in [0.1, 0.15) is 12.5 Å². The molecule has 0 atom stereocenters. The van der Waals surface area contributed by atoms with Gasteiger partial charge in [0, 0.05) is 0 Å². The zero-order valence-corrected chi connectivity index (χ0v) is 12.8. The Morgan fingerprint density at radius 2 is 1.63 bits per heavy atom. The summed E-state index contributed by atoms with van der Waals surface area (Å²) in [6.45, 7) is 3.48.